The van der Waals surface area contributed by atoms with Gasteiger partial charge in [-0.3, -0.25) is 0 Å². The van der Waals surface area contributed by atoms with E-state index in [2.05, 4.69) is 54.3 Å². The lowest BCUT2D eigenvalue weighted by molar-refractivity contribution is 0.119. The van der Waals surface area contributed by atoms with E-state index in [4.69, 9.17) is 4.74 Å². The summed E-state index contributed by atoms with van der Waals surface area (Å²) in [5.74, 6) is 0. The van der Waals surface area contributed by atoms with Gasteiger partial charge >= 0.3 is 0 Å². The number of nitrogens with one attached hydrogen (secondary N) is 1. The fourth-order valence-corrected chi connectivity index (χ4v) is 1.52. The molecule has 0 bridgehead atoms. The predicted octanol–water partition coefficient (Wildman–Crippen LogP) is 1.18. The lowest BCUT2D eigenvalue weighted by Gasteiger charge is -2.10. The van der Waals surface area contributed by atoms with E-state index in [9.17, 15) is 0 Å². The SMILES string of the molecule is CCn1ccc(CNCCOCCN(C)C)c1. The molecule has 0 saturated carbocycles. The molecule has 0 amide bonds. The second-order valence-electron chi connectivity index (χ2n) is 4.44. The van der Waals surface area contributed by atoms with Crippen molar-refractivity contribution in [1.82, 2.24) is 14.8 Å². The number of aromatic nitrogens is 1. The molecule has 1 aromatic heterocycles. The Balaban J connectivity index is 1.97. The van der Waals surface area contributed by atoms with Gasteiger partial charge in [0.25, 0.3) is 0 Å². The lowest BCUT2D eigenvalue weighted by Crippen LogP contribution is -2.22. The first kappa shape index (κ1) is 14.2. The van der Waals surface area contributed by atoms with E-state index in [1.807, 2.05) is 0 Å². The molecule has 4 nitrogen and oxygen atoms in total. The van der Waals surface area contributed by atoms with Crippen molar-refractivity contribution in [2.75, 3.05) is 40.4 Å². The number of ether oxygens (including phenoxy) is 1. The van der Waals surface area contributed by atoms with Gasteiger partial charge in [0.15, 0.2) is 0 Å². The van der Waals surface area contributed by atoms with Crippen LogP contribution in [0.2, 0.25) is 0 Å². The van der Waals surface area contributed by atoms with Gasteiger partial charge in [0.05, 0.1) is 13.2 Å². The maximum atomic E-state index is 5.50. The van der Waals surface area contributed by atoms with Crippen LogP contribution in [0.1, 0.15) is 12.5 Å². The Morgan fingerprint density at radius 1 is 1.35 bits per heavy atom. The molecule has 0 aromatic carbocycles. The van der Waals surface area contributed by atoms with Crippen molar-refractivity contribution >= 4 is 0 Å². The van der Waals surface area contributed by atoms with Gasteiger partial charge in [-0.05, 0) is 32.6 Å². The Labute approximate surface area is 105 Å². The highest BCUT2D eigenvalue weighted by atomic mass is 16.5. The largest absolute Gasteiger partial charge is 0.379 e. The molecule has 0 aliphatic carbocycles. The molecule has 0 aliphatic heterocycles. The predicted molar refractivity (Wildman–Crippen MR) is 71.2 cm³/mol. The van der Waals surface area contributed by atoms with Crippen molar-refractivity contribution in [3.8, 4) is 0 Å². The van der Waals surface area contributed by atoms with Crippen LogP contribution in [0.4, 0.5) is 0 Å². The summed E-state index contributed by atoms with van der Waals surface area (Å²) in [6.45, 7) is 7.58. The van der Waals surface area contributed by atoms with E-state index < -0.39 is 0 Å². The van der Waals surface area contributed by atoms with Crippen molar-refractivity contribution in [1.29, 1.82) is 0 Å². The van der Waals surface area contributed by atoms with E-state index in [0.717, 1.165) is 39.4 Å². The average molecular weight is 239 g/mol. The van der Waals surface area contributed by atoms with E-state index in [0.29, 0.717) is 0 Å². The molecule has 0 atom stereocenters. The third kappa shape index (κ3) is 6.46. The zero-order valence-electron chi connectivity index (χ0n) is 11.3. The standard InChI is InChI=1S/C13H25N3O/c1-4-16-7-5-13(12-16)11-14-6-9-17-10-8-15(2)3/h5,7,12,14H,4,6,8-11H2,1-3H3. The highest BCUT2D eigenvalue weighted by Crippen LogP contribution is 2.00. The van der Waals surface area contributed by atoms with E-state index in [-0.39, 0.29) is 0 Å². The van der Waals surface area contributed by atoms with Crippen LogP contribution in [0.3, 0.4) is 0 Å². The summed E-state index contributed by atoms with van der Waals surface area (Å²) in [4.78, 5) is 2.13. The van der Waals surface area contributed by atoms with E-state index >= 15 is 0 Å². The van der Waals surface area contributed by atoms with Gasteiger partial charge in [-0.15, -0.1) is 0 Å². The van der Waals surface area contributed by atoms with E-state index in [1.165, 1.54) is 5.56 Å². The number of likely N-dealkylation sites (N-methyl/N-ethyl adjacent to an activating group) is 1. The van der Waals surface area contributed by atoms with Crippen molar-refractivity contribution in [2.45, 2.75) is 20.0 Å². The molecule has 0 unspecified atom stereocenters. The molecule has 0 saturated heterocycles. The van der Waals surface area contributed by atoms with Crippen molar-refractivity contribution in [3.05, 3.63) is 24.0 Å². The maximum absolute atomic E-state index is 5.50. The molecule has 98 valence electrons. The first-order valence-electron chi connectivity index (χ1n) is 6.30. The molecule has 1 aromatic rings. The second kappa shape index (κ2) is 8.28. The number of aryl methyl sites for hydroxylation is 1. The Morgan fingerprint density at radius 3 is 2.82 bits per heavy atom. The van der Waals surface area contributed by atoms with Gasteiger partial charge < -0.3 is 19.5 Å². The van der Waals surface area contributed by atoms with Gasteiger partial charge in [-0.2, -0.15) is 0 Å². The van der Waals surface area contributed by atoms with Gasteiger partial charge in [-0.25, -0.2) is 0 Å². The summed E-state index contributed by atoms with van der Waals surface area (Å²) in [5, 5.41) is 3.38. The quantitative estimate of drug-likeness (QED) is 0.656. The zero-order chi connectivity index (χ0) is 12.5. The summed E-state index contributed by atoms with van der Waals surface area (Å²) in [7, 11) is 4.11. The van der Waals surface area contributed by atoms with Crippen molar-refractivity contribution in [2.24, 2.45) is 0 Å². The summed E-state index contributed by atoms with van der Waals surface area (Å²) in [6, 6.07) is 2.16. The highest BCUT2D eigenvalue weighted by Gasteiger charge is 1.95. The fraction of sp³-hybridized carbons (Fsp3) is 0.692. The van der Waals surface area contributed by atoms with E-state index in [1.54, 1.807) is 0 Å². The number of hydrogen-bond donors (Lipinski definition) is 1. The minimum absolute atomic E-state index is 0.780. The molecule has 17 heavy (non-hydrogen) atoms. The topological polar surface area (TPSA) is 29.4 Å². The van der Waals surface area contributed by atoms with Crippen LogP contribution >= 0.6 is 0 Å². The second-order valence-corrected chi connectivity index (χ2v) is 4.44. The number of rotatable bonds is 9. The summed E-state index contributed by atoms with van der Waals surface area (Å²) < 4.78 is 7.68. The normalized spacial score (nSPS) is 11.3. The lowest BCUT2D eigenvalue weighted by atomic mass is 10.3. The molecule has 1 heterocycles. The van der Waals surface area contributed by atoms with Gasteiger partial charge in [0, 0.05) is 38.6 Å². The number of nitrogens with zero attached hydrogens (tertiary/aromatic N) is 2. The first-order valence-corrected chi connectivity index (χ1v) is 6.30. The van der Waals surface area contributed by atoms with Gasteiger partial charge in [0.1, 0.15) is 0 Å². The Bertz CT molecular complexity index is 297. The third-order valence-corrected chi connectivity index (χ3v) is 2.61. The maximum Gasteiger partial charge on any atom is 0.0593 e. The van der Waals surface area contributed by atoms with Gasteiger partial charge in [0.2, 0.25) is 0 Å². The average Bonchev–Trinajstić information content (AvgIpc) is 2.75. The molecule has 0 fully saturated rings. The summed E-state index contributed by atoms with van der Waals surface area (Å²) in [5.41, 5.74) is 1.33. The summed E-state index contributed by atoms with van der Waals surface area (Å²) >= 11 is 0. The molecule has 1 N–H and O–H groups in total. The molecular weight excluding hydrogens is 214 g/mol. The third-order valence-electron chi connectivity index (χ3n) is 2.61. The van der Waals surface area contributed by atoms with Crippen LogP contribution < -0.4 is 5.32 Å². The van der Waals surface area contributed by atoms with Crippen LogP contribution in [0, 0.1) is 0 Å². The fourth-order valence-electron chi connectivity index (χ4n) is 1.52. The monoisotopic (exact) mass is 239 g/mol. The van der Waals surface area contributed by atoms with Crippen LogP contribution in [0.15, 0.2) is 18.5 Å². The molecule has 1 rings (SSSR count). The Morgan fingerprint density at radius 2 is 2.18 bits per heavy atom. The van der Waals surface area contributed by atoms with Crippen molar-refractivity contribution in [3.63, 3.8) is 0 Å². The molecule has 4 heteroatoms. The van der Waals surface area contributed by atoms with Crippen LogP contribution in [0.25, 0.3) is 0 Å². The van der Waals surface area contributed by atoms with Gasteiger partial charge in [-0.1, -0.05) is 0 Å². The minimum Gasteiger partial charge on any atom is -0.379 e. The molecule has 0 aliphatic rings. The van der Waals surface area contributed by atoms with Crippen LogP contribution in [-0.2, 0) is 17.8 Å². The molecular formula is C13H25N3O. The van der Waals surface area contributed by atoms with Crippen LogP contribution in [0.5, 0.6) is 0 Å². The Hall–Kier alpha value is -0.840. The first-order chi connectivity index (χ1) is 8.22. The molecule has 0 spiro atoms. The zero-order valence-corrected chi connectivity index (χ0v) is 11.3. The van der Waals surface area contributed by atoms with Crippen LogP contribution in [-0.4, -0.2) is 49.9 Å². The van der Waals surface area contributed by atoms with Crippen molar-refractivity contribution < 1.29 is 4.74 Å². The minimum atomic E-state index is 0.780. The smallest absolute Gasteiger partial charge is 0.0593 e. The number of hydrogen-bond acceptors (Lipinski definition) is 3. The Kier molecular flexibility index (Phi) is 6.93. The highest BCUT2D eigenvalue weighted by molar-refractivity contribution is 5.09. The summed E-state index contributed by atoms with van der Waals surface area (Å²) in [6.07, 6.45) is 4.30. The molecule has 0 radical (unpaired) electrons.